The number of sulfone groups is 1. The second kappa shape index (κ2) is 8.19. The van der Waals surface area contributed by atoms with Gasteiger partial charge in [0.05, 0.1) is 11.7 Å². The fraction of sp³-hybridized carbons (Fsp3) is 0.333. The molecule has 0 spiro atoms. The van der Waals surface area contributed by atoms with Gasteiger partial charge in [0.1, 0.15) is 0 Å². The molecule has 0 aliphatic heterocycles. The molecule has 2 aromatic rings. The number of aryl methyl sites for hydroxylation is 1. The molecule has 0 saturated heterocycles. The Morgan fingerprint density at radius 1 is 1.30 bits per heavy atom. The molecule has 1 atom stereocenters. The van der Waals surface area contributed by atoms with Gasteiger partial charge in [-0.1, -0.05) is 30.3 Å². The Bertz CT molecular complexity index is 715. The average Bonchev–Trinajstić information content (AvgIpc) is 3.09. The first-order chi connectivity index (χ1) is 11.0. The van der Waals surface area contributed by atoms with Crippen LogP contribution in [0.4, 0.5) is 0 Å². The van der Waals surface area contributed by atoms with Crippen LogP contribution in [-0.2, 0) is 21.1 Å². The standard InChI is InChI=1S/C15H18N2O4S2/c18-14(17-19)13(8-4-7-12-5-2-1-3-6-12)11-23(20,21)15-16-9-10-22-15/h1-3,5-6,9-10,13,19H,4,7-8,11H2,(H,17,18). The maximum Gasteiger partial charge on any atom is 0.247 e. The quantitative estimate of drug-likeness (QED) is 0.559. The highest BCUT2D eigenvalue weighted by Crippen LogP contribution is 2.20. The maximum atomic E-state index is 12.2. The summed E-state index contributed by atoms with van der Waals surface area (Å²) in [4.78, 5) is 15.5. The van der Waals surface area contributed by atoms with E-state index in [1.165, 1.54) is 6.20 Å². The molecular formula is C15H18N2O4S2. The molecule has 1 heterocycles. The number of nitrogens with zero attached hydrogens (tertiary/aromatic N) is 1. The zero-order valence-electron chi connectivity index (χ0n) is 12.4. The van der Waals surface area contributed by atoms with Crippen molar-refractivity contribution in [1.29, 1.82) is 0 Å². The molecule has 0 aliphatic carbocycles. The van der Waals surface area contributed by atoms with Crippen molar-refractivity contribution in [2.24, 2.45) is 5.92 Å². The van der Waals surface area contributed by atoms with Gasteiger partial charge in [0.25, 0.3) is 0 Å². The predicted molar refractivity (Wildman–Crippen MR) is 87.0 cm³/mol. The van der Waals surface area contributed by atoms with Gasteiger partial charge in [-0.25, -0.2) is 18.9 Å². The number of carbonyl (C=O) groups is 1. The summed E-state index contributed by atoms with van der Waals surface area (Å²) >= 11 is 1.02. The minimum Gasteiger partial charge on any atom is -0.289 e. The van der Waals surface area contributed by atoms with E-state index in [9.17, 15) is 13.2 Å². The third-order valence-corrected chi connectivity index (χ3v) is 6.53. The van der Waals surface area contributed by atoms with Crippen LogP contribution in [0.2, 0.25) is 0 Å². The van der Waals surface area contributed by atoms with Crippen LogP contribution in [0.15, 0.2) is 46.2 Å². The average molecular weight is 354 g/mol. The molecule has 1 amide bonds. The molecule has 0 saturated carbocycles. The third kappa shape index (κ3) is 5.12. The zero-order valence-corrected chi connectivity index (χ0v) is 14.0. The number of hydroxylamine groups is 1. The highest BCUT2D eigenvalue weighted by molar-refractivity contribution is 7.93. The normalized spacial score (nSPS) is 12.7. The Labute approximate surface area is 139 Å². The Hall–Kier alpha value is -1.77. The van der Waals surface area contributed by atoms with Crippen molar-refractivity contribution in [2.45, 2.75) is 23.6 Å². The van der Waals surface area contributed by atoms with E-state index in [4.69, 9.17) is 5.21 Å². The van der Waals surface area contributed by atoms with Crippen molar-refractivity contribution in [1.82, 2.24) is 10.5 Å². The Morgan fingerprint density at radius 3 is 2.65 bits per heavy atom. The molecule has 6 nitrogen and oxygen atoms in total. The van der Waals surface area contributed by atoms with Gasteiger partial charge in [-0.2, -0.15) is 0 Å². The van der Waals surface area contributed by atoms with Crippen molar-refractivity contribution in [3.63, 3.8) is 0 Å². The number of nitrogens with one attached hydrogen (secondary N) is 1. The number of hydrogen-bond acceptors (Lipinski definition) is 6. The number of rotatable bonds is 8. The van der Waals surface area contributed by atoms with Gasteiger partial charge in [-0.05, 0) is 24.8 Å². The van der Waals surface area contributed by atoms with Crippen molar-refractivity contribution in [2.75, 3.05) is 5.75 Å². The van der Waals surface area contributed by atoms with Crippen molar-refractivity contribution in [3.8, 4) is 0 Å². The number of thiazole rings is 1. The zero-order chi connectivity index (χ0) is 16.7. The highest BCUT2D eigenvalue weighted by atomic mass is 32.2. The summed E-state index contributed by atoms with van der Waals surface area (Å²) in [7, 11) is -3.63. The predicted octanol–water partition coefficient (Wildman–Crippen LogP) is 2.06. The summed E-state index contributed by atoms with van der Waals surface area (Å²) in [5.74, 6) is -1.85. The van der Waals surface area contributed by atoms with E-state index in [0.29, 0.717) is 12.8 Å². The molecule has 0 radical (unpaired) electrons. The van der Waals surface area contributed by atoms with E-state index in [-0.39, 0.29) is 10.1 Å². The van der Waals surface area contributed by atoms with Gasteiger partial charge in [-0.15, -0.1) is 11.3 Å². The molecule has 2 rings (SSSR count). The number of hydrogen-bond donors (Lipinski definition) is 2. The van der Waals surface area contributed by atoms with Gasteiger partial charge >= 0.3 is 0 Å². The molecule has 1 unspecified atom stereocenters. The molecule has 0 fully saturated rings. The molecule has 1 aromatic carbocycles. The van der Waals surface area contributed by atoms with E-state index < -0.39 is 21.7 Å². The van der Waals surface area contributed by atoms with Gasteiger partial charge in [0, 0.05) is 11.6 Å². The fourth-order valence-corrected chi connectivity index (χ4v) is 4.81. The monoisotopic (exact) mass is 354 g/mol. The minimum absolute atomic E-state index is 0.00343. The molecular weight excluding hydrogens is 336 g/mol. The summed E-state index contributed by atoms with van der Waals surface area (Å²) in [5.41, 5.74) is 2.68. The Morgan fingerprint density at radius 2 is 2.04 bits per heavy atom. The lowest BCUT2D eigenvalue weighted by Gasteiger charge is -2.14. The Balaban J connectivity index is 1.99. The van der Waals surface area contributed by atoms with Crippen LogP contribution in [0, 0.1) is 5.92 Å². The molecule has 124 valence electrons. The minimum atomic E-state index is -3.63. The van der Waals surface area contributed by atoms with Gasteiger partial charge in [0.15, 0.2) is 0 Å². The first-order valence-corrected chi connectivity index (χ1v) is 9.66. The first kappa shape index (κ1) is 17.6. The van der Waals surface area contributed by atoms with Crippen LogP contribution in [0.25, 0.3) is 0 Å². The van der Waals surface area contributed by atoms with Gasteiger partial charge < -0.3 is 0 Å². The lowest BCUT2D eigenvalue weighted by atomic mass is 10.0. The molecule has 0 bridgehead atoms. The van der Waals surface area contributed by atoms with Crippen LogP contribution in [0.1, 0.15) is 18.4 Å². The topological polar surface area (TPSA) is 96.4 Å². The van der Waals surface area contributed by atoms with Crippen molar-refractivity contribution >= 4 is 27.1 Å². The molecule has 1 aromatic heterocycles. The molecule has 23 heavy (non-hydrogen) atoms. The van der Waals surface area contributed by atoms with E-state index in [1.54, 1.807) is 10.9 Å². The van der Waals surface area contributed by atoms with Crippen LogP contribution < -0.4 is 5.48 Å². The second-order valence-corrected chi connectivity index (χ2v) is 8.23. The summed E-state index contributed by atoms with van der Waals surface area (Å²) in [6.07, 6.45) is 3.17. The summed E-state index contributed by atoms with van der Waals surface area (Å²) in [6.45, 7) is 0. The molecule has 8 heteroatoms. The SMILES string of the molecule is O=C(NO)C(CCCc1ccccc1)CS(=O)(=O)c1nccs1. The maximum absolute atomic E-state index is 12.2. The van der Waals surface area contributed by atoms with E-state index in [0.717, 1.165) is 23.3 Å². The molecule has 2 N–H and O–H groups in total. The largest absolute Gasteiger partial charge is 0.289 e. The smallest absolute Gasteiger partial charge is 0.247 e. The third-order valence-electron chi connectivity index (χ3n) is 3.44. The van der Waals surface area contributed by atoms with Crippen molar-refractivity contribution in [3.05, 3.63) is 47.5 Å². The number of amides is 1. The van der Waals surface area contributed by atoms with Gasteiger partial charge in [-0.3, -0.25) is 10.0 Å². The van der Waals surface area contributed by atoms with Crippen LogP contribution in [-0.4, -0.2) is 30.3 Å². The fourth-order valence-electron chi connectivity index (χ4n) is 2.28. The van der Waals surface area contributed by atoms with E-state index in [1.807, 2.05) is 30.3 Å². The van der Waals surface area contributed by atoms with Gasteiger partial charge in [0.2, 0.25) is 20.1 Å². The lowest BCUT2D eigenvalue weighted by molar-refractivity contribution is -0.132. The second-order valence-electron chi connectivity index (χ2n) is 5.13. The van der Waals surface area contributed by atoms with Crippen LogP contribution in [0.5, 0.6) is 0 Å². The van der Waals surface area contributed by atoms with E-state index >= 15 is 0 Å². The number of aromatic nitrogens is 1. The summed E-state index contributed by atoms with van der Waals surface area (Å²) in [6, 6.07) is 9.74. The summed E-state index contributed by atoms with van der Waals surface area (Å²) in [5, 5.41) is 10.4. The van der Waals surface area contributed by atoms with Crippen molar-refractivity contribution < 1.29 is 18.4 Å². The first-order valence-electron chi connectivity index (χ1n) is 7.13. The Kier molecular flexibility index (Phi) is 6.26. The lowest BCUT2D eigenvalue weighted by Crippen LogP contribution is -2.33. The highest BCUT2D eigenvalue weighted by Gasteiger charge is 2.28. The summed E-state index contributed by atoms with van der Waals surface area (Å²) < 4.78 is 24.5. The number of benzene rings is 1. The molecule has 0 aliphatic rings. The van der Waals surface area contributed by atoms with Crippen LogP contribution in [0.3, 0.4) is 0 Å². The van der Waals surface area contributed by atoms with E-state index in [2.05, 4.69) is 4.98 Å². The number of carbonyl (C=O) groups excluding carboxylic acids is 1. The van der Waals surface area contributed by atoms with Crippen LogP contribution >= 0.6 is 11.3 Å².